The van der Waals surface area contributed by atoms with E-state index in [2.05, 4.69) is 10.1 Å². The SMILES string of the molecule is CNCCOC(F)F.Cl. The summed E-state index contributed by atoms with van der Waals surface area (Å²) in [5.41, 5.74) is 0. The van der Waals surface area contributed by atoms with Crippen molar-refractivity contribution in [2.45, 2.75) is 6.61 Å². The molecule has 0 heterocycles. The molecular formula is C4H10ClF2NO. The first-order chi connectivity index (χ1) is 3.77. The number of ether oxygens (including phenoxy) is 1. The van der Waals surface area contributed by atoms with E-state index in [-0.39, 0.29) is 19.0 Å². The van der Waals surface area contributed by atoms with E-state index in [9.17, 15) is 8.78 Å². The standard InChI is InChI=1S/C4H9F2NO.ClH/c1-7-2-3-8-4(5)6;/h4,7H,2-3H2,1H3;1H. The van der Waals surface area contributed by atoms with Gasteiger partial charge in [-0.25, -0.2) is 0 Å². The van der Waals surface area contributed by atoms with E-state index in [0.717, 1.165) is 0 Å². The van der Waals surface area contributed by atoms with Crippen LogP contribution in [0.3, 0.4) is 0 Å². The Morgan fingerprint density at radius 2 is 2.11 bits per heavy atom. The second-order valence-corrected chi connectivity index (χ2v) is 1.23. The molecule has 0 aliphatic heterocycles. The lowest BCUT2D eigenvalue weighted by molar-refractivity contribution is -0.127. The van der Waals surface area contributed by atoms with Crippen LogP contribution in [0.15, 0.2) is 0 Å². The van der Waals surface area contributed by atoms with Crippen molar-refractivity contribution in [3.05, 3.63) is 0 Å². The van der Waals surface area contributed by atoms with Crippen molar-refractivity contribution in [3.63, 3.8) is 0 Å². The number of hydrogen-bond donors (Lipinski definition) is 1. The van der Waals surface area contributed by atoms with Crippen molar-refractivity contribution >= 4 is 12.4 Å². The summed E-state index contributed by atoms with van der Waals surface area (Å²) in [6.07, 6.45) is 0. The van der Waals surface area contributed by atoms with E-state index < -0.39 is 6.61 Å². The third kappa shape index (κ3) is 11.6. The molecule has 58 valence electrons. The Labute approximate surface area is 59.0 Å². The van der Waals surface area contributed by atoms with E-state index in [1.54, 1.807) is 7.05 Å². The molecule has 0 atom stereocenters. The van der Waals surface area contributed by atoms with Crippen molar-refractivity contribution in [3.8, 4) is 0 Å². The Hall–Kier alpha value is 0.0700. The van der Waals surface area contributed by atoms with Gasteiger partial charge in [-0.15, -0.1) is 12.4 Å². The maximum absolute atomic E-state index is 11.1. The van der Waals surface area contributed by atoms with E-state index in [4.69, 9.17) is 0 Å². The molecule has 2 nitrogen and oxygen atoms in total. The second kappa shape index (κ2) is 8.07. The molecule has 0 saturated carbocycles. The van der Waals surface area contributed by atoms with Crippen LogP contribution in [0.25, 0.3) is 0 Å². The number of rotatable bonds is 4. The summed E-state index contributed by atoms with van der Waals surface area (Å²) in [5.74, 6) is 0. The largest absolute Gasteiger partial charge is 0.345 e. The summed E-state index contributed by atoms with van der Waals surface area (Å²) in [6.45, 7) is -2.11. The molecule has 0 aromatic carbocycles. The average Bonchev–Trinajstić information content (AvgIpc) is 1.66. The lowest BCUT2D eigenvalue weighted by Crippen LogP contribution is -2.15. The number of nitrogens with one attached hydrogen (secondary N) is 1. The molecule has 0 bridgehead atoms. The highest BCUT2D eigenvalue weighted by atomic mass is 35.5. The highest BCUT2D eigenvalue weighted by Gasteiger charge is 1.97. The third-order valence-corrected chi connectivity index (χ3v) is 0.596. The first-order valence-corrected chi connectivity index (χ1v) is 2.31. The van der Waals surface area contributed by atoms with Gasteiger partial charge in [0.25, 0.3) is 0 Å². The molecular weight excluding hydrogens is 151 g/mol. The Balaban J connectivity index is 0. The summed E-state index contributed by atoms with van der Waals surface area (Å²) in [5, 5.41) is 2.66. The lowest BCUT2D eigenvalue weighted by Gasteiger charge is -1.99. The predicted molar refractivity (Wildman–Crippen MR) is 33.1 cm³/mol. The van der Waals surface area contributed by atoms with Gasteiger partial charge in [-0.05, 0) is 7.05 Å². The Bertz CT molecular complexity index is 55.8. The highest BCUT2D eigenvalue weighted by molar-refractivity contribution is 5.85. The molecule has 0 aliphatic rings. The van der Waals surface area contributed by atoms with Gasteiger partial charge in [0.05, 0.1) is 6.61 Å². The molecule has 0 rings (SSSR count). The van der Waals surface area contributed by atoms with Crippen molar-refractivity contribution in [2.75, 3.05) is 20.2 Å². The van der Waals surface area contributed by atoms with Gasteiger partial charge in [-0.3, -0.25) is 0 Å². The molecule has 0 fully saturated rings. The summed E-state index contributed by atoms with van der Waals surface area (Å²) in [6, 6.07) is 0. The highest BCUT2D eigenvalue weighted by Crippen LogP contribution is 1.91. The molecule has 0 aromatic rings. The number of likely N-dealkylation sites (N-methyl/N-ethyl adjacent to an activating group) is 1. The van der Waals surface area contributed by atoms with Crippen LogP contribution in [0.4, 0.5) is 8.78 Å². The van der Waals surface area contributed by atoms with Crippen LogP contribution in [0, 0.1) is 0 Å². The van der Waals surface area contributed by atoms with Gasteiger partial charge in [0, 0.05) is 6.54 Å². The van der Waals surface area contributed by atoms with Gasteiger partial charge < -0.3 is 10.1 Å². The van der Waals surface area contributed by atoms with Gasteiger partial charge in [-0.1, -0.05) is 0 Å². The number of alkyl halides is 2. The molecule has 0 aromatic heterocycles. The minimum Gasteiger partial charge on any atom is -0.322 e. The maximum Gasteiger partial charge on any atom is 0.345 e. The van der Waals surface area contributed by atoms with Crippen LogP contribution in [0.5, 0.6) is 0 Å². The zero-order chi connectivity index (χ0) is 6.41. The van der Waals surface area contributed by atoms with Gasteiger partial charge in [0.1, 0.15) is 0 Å². The van der Waals surface area contributed by atoms with E-state index in [1.165, 1.54) is 0 Å². The summed E-state index contributed by atoms with van der Waals surface area (Å²) in [7, 11) is 1.68. The van der Waals surface area contributed by atoms with Gasteiger partial charge in [0.15, 0.2) is 0 Å². The molecule has 5 heteroatoms. The molecule has 1 N–H and O–H groups in total. The minimum absolute atomic E-state index is 0. The molecule has 9 heavy (non-hydrogen) atoms. The quantitative estimate of drug-likeness (QED) is 0.618. The minimum atomic E-state index is -2.64. The Morgan fingerprint density at radius 1 is 1.56 bits per heavy atom. The number of halogens is 3. The zero-order valence-corrected chi connectivity index (χ0v) is 5.88. The molecule has 0 unspecified atom stereocenters. The predicted octanol–water partition coefficient (Wildman–Crippen LogP) is 0.867. The van der Waals surface area contributed by atoms with Crippen molar-refractivity contribution in [2.24, 2.45) is 0 Å². The fourth-order valence-electron chi connectivity index (χ4n) is 0.250. The van der Waals surface area contributed by atoms with Crippen LogP contribution < -0.4 is 5.32 Å². The summed E-state index contributed by atoms with van der Waals surface area (Å²) in [4.78, 5) is 0. The molecule has 0 amide bonds. The molecule has 0 saturated heterocycles. The summed E-state index contributed by atoms with van der Waals surface area (Å²) < 4.78 is 26.1. The number of hydrogen-bond acceptors (Lipinski definition) is 2. The maximum atomic E-state index is 11.1. The smallest absolute Gasteiger partial charge is 0.322 e. The van der Waals surface area contributed by atoms with Crippen LogP contribution in [-0.4, -0.2) is 26.8 Å². The molecule has 0 spiro atoms. The van der Waals surface area contributed by atoms with E-state index in [1.807, 2.05) is 0 Å². The van der Waals surface area contributed by atoms with E-state index in [0.29, 0.717) is 6.54 Å². The van der Waals surface area contributed by atoms with Gasteiger partial charge in [-0.2, -0.15) is 8.78 Å². The monoisotopic (exact) mass is 161 g/mol. The van der Waals surface area contributed by atoms with Gasteiger partial charge >= 0.3 is 6.61 Å². The average molecular weight is 162 g/mol. The van der Waals surface area contributed by atoms with Crippen molar-refractivity contribution in [1.82, 2.24) is 5.32 Å². The fraction of sp³-hybridized carbons (Fsp3) is 1.00. The topological polar surface area (TPSA) is 21.3 Å². The fourth-order valence-corrected chi connectivity index (χ4v) is 0.250. The van der Waals surface area contributed by atoms with Crippen LogP contribution in [0.2, 0.25) is 0 Å². The van der Waals surface area contributed by atoms with Crippen LogP contribution >= 0.6 is 12.4 Å². The Kier molecular flexibility index (Phi) is 10.6. The van der Waals surface area contributed by atoms with Crippen molar-refractivity contribution in [1.29, 1.82) is 0 Å². The summed E-state index contributed by atoms with van der Waals surface area (Å²) >= 11 is 0. The Morgan fingerprint density at radius 3 is 2.44 bits per heavy atom. The van der Waals surface area contributed by atoms with Crippen LogP contribution in [-0.2, 0) is 4.74 Å². The zero-order valence-electron chi connectivity index (χ0n) is 5.06. The second-order valence-electron chi connectivity index (χ2n) is 1.23. The van der Waals surface area contributed by atoms with E-state index >= 15 is 0 Å². The molecule has 0 radical (unpaired) electrons. The van der Waals surface area contributed by atoms with Crippen molar-refractivity contribution < 1.29 is 13.5 Å². The first-order valence-electron chi connectivity index (χ1n) is 2.31. The lowest BCUT2D eigenvalue weighted by atomic mass is 10.7. The normalized spacial score (nSPS) is 9.33. The first kappa shape index (κ1) is 11.8. The van der Waals surface area contributed by atoms with Gasteiger partial charge in [0.2, 0.25) is 0 Å². The van der Waals surface area contributed by atoms with Crippen LogP contribution in [0.1, 0.15) is 0 Å². The third-order valence-electron chi connectivity index (χ3n) is 0.596. The molecule has 0 aliphatic carbocycles.